The van der Waals surface area contributed by atoms with Crippen LogP contribution in [0, 0.1) is 0 Å². The van der Waals surface area contributed by atoms with Gasteiger partial charge in [-0.25, -0.2) is 0 Å². The molecule has 0 spiro atoms. The number of fused-ring (bicyclic) bond motifs is 8. The van der Waals surface area contributed by atoms with Crippen LogP contribution < -0.4 is 4.90 Å². The molecule has 10 aromatic rings. The highest BCUT2D eigenvalue weighted by Gasteiger charge is 2.23. The molecule has 3 heteroatoms. The van der Waals surface area contributed by atoms with Crippen molar-refractivity contribution in [2.24, 2.45) is 0 Å². The van der Waals surface area contributed by atoms with Crippen molar-refractivity contribution in [3.8, 4) is 16.8 Å². The minimum absolute atomic E-state index is 0.132. The summed E-state index contributed by atoms with van der Waals surface area (Å²) >= 11 is 0. The fourth-order valence-corrected chi connectivity index (χ4v) is 8.66. The van der Waals surface area contributed by atoms with Gasteiger partial charge in [0.25, 0.3) is 0 Å². The number of hydrogen-bond donors (Lipinski definition) is 0. The minimum atomic E-state index is 0.132. The fourth-order valence-electron chi connectivity index (χ4n) is 8.66. The summed E-state index contributed by atoms with van der Waals surface area (Å²) in [5, 5.41) is 7.15. The molecule has 0 N–H and O–H groups in total. The maximum absolute atomic E-state index is 6.41. The van der Waals surface area contributed by atoms with Crippen molar-refractivity contribution in [1.82, 2.24) is 4.57 Å². The summed E-state index contributed by atoms with van der Waals surface area (Å²) < 4.78 is 8.84. The molecular weight excluding hydrogens is 669 g/mol. The van der Waals surface area contributed by atoms with Gasteiger partial charge in [-0.3, -0.25) is 0 Å². The third-order valence-electron chi connectivity index (χ3n) is 11.3. The number of anilines is 2. The average molecular weight is 705 g/mol. The highest BCUT2D eigenvalue weighted by atomic mass is 16.3. The number of nitrogens with zero attached hydrogens (tertiary/aromatic N) is 2. The van der Waals surface area contributed by atoms with E-state index in [0.29, 0.717) is 0 Å². The van der Waals surface area contributed by atoms with Gasteiger partial charge in [0, 0.05) is 50.1 Å². The van der Waals surface area contributed by atoms with Crippen molar-refractivity contribution in [3.05, 3.63) is 206 Å². The second-order valence-corrected chi connectivity index (χ2v) is 14.5. The van der Waals surface area contributed by atoms with Crippen molar-refractivity contribution >= 4 is 71.5 Å². The third kappa shape index (κ3) is 5.27. The number of benzene rings is 8. The summed E-state index contributed by atoms with van der Waals surface area (Å²) in [6.07, 6.45) is 7.94. The molecule has 8 aromatic carbocycles. The van der Waals surface area contributed by atoms with Gasteiger partial charge in [-0.15, -0.1) is 0 Å². The normalized spacial score (nSPS) is 14.3. The summed E-state index contributed by atoms with van der Waals surface area (Å²) in [4.78, 5) is 2.51. The molecule has 0 saturated heterocycles. The first-order valence-electron chi connectivity index (χ1n) is 19.0. The van der Waals surface area contributed by atoms with E-state index < -0.39 is 0 Å². The Kier molecular flexibility index (Phi) is 7.31. The molecule has 1 atom stereocenters. The zero-order valence-electron chi connectivity index (χ0n) is 30.1. The Bertz CT molecular complexity index is 3110. The van der Waals surface area contributed by atoms with Crippen LogP contribution in [0.25, 0.3) is 76.9 Å². The zero-order chi connectivity index (χ0) is 36.3. The van der Waals surface area contributed by atoms with Crippen LogP contribution in [0.4, 0.5) is 11.4 Å². The molecule has 1 unspecified atom stereocenters. The highest BCUT2D eigenvalue weighted by Crippen LogP contribution is 2.41. The van der Waals surface area contributed by atoms with E-state index in [2.05, 4.69) is 198 Å². The molecular formula is C52H36N2O. The molecule has 0 aliphatic heterocycles. The number of hydrogen-bond acceptors (Lipinski definition) is 2. The molecule has 0 radical (unpaired) electrons. The summed E-state index contributed by atoms with van der Waals surface area (Å²) in [5.74, 6) is 0. The van der Waals surface area contributed by atoms with E-state index in [1.54, 1.807) is 0 Å². The molecule has 1 aliphatic carbocycles. The van der Waals surface area contributed by atoms with Crippen LogP contribution in [0.3, 0.4) is 0 Å². The van der Waals surface area contributed by atoms with Crippen LogP contribution in [-0.2, 0) is 0 Å². The lowest BCUT2D eigenvalue weighted by molar-refractivity contribution is 0.668. The number of aromatic nitrogens is 1. The van der Waals surface area contributed by atoms with Crippen LogP contribution >= 0.6 is 0 Å². The molecule has 55 heavy (non-hydrogen) atoms. The molecule has 2 heterocycles. The molecule has 11 rings (SSSR count). The second-order valence-electron chi connectivity index (χ2n) is 14.5. The van der Waals surface area contributed by atoms with Gasteiger partial charge >= 0.3 is 0 Å². The van der Waals surface area contributed by atoms with Crippen molar-refractivity contribution in [1.29, 1.82) is 0 Å². The van der Waals surface area contributed by atoms with E-state index in [-0.39, 0.29) is 6.04 Å². The van der Waals surface area contributed by atoms with Crippen molar-refractivity contribution in [2.75, 3.05) is 4.90 Å². The van der Waals surface area contributed by atoms with E-state index >= 15 is 0 Å². The lowest BCUT2D eigenvalue weighted by atomic mass is 9.95. The molecule has 260 valence electrons. The summed E-state index contributed by atoms with van der Waals surface area (Å²) in [6, 6.07) is 65.7. The van der Waals surface area contributed by atoms with E-state index in [1.165, 1.54) is 54.8 Å². The smallest absolute Gasteiger partial charge is 0.137 e. The molecule has 0 fully saturated rings. The number of furan rings is 1. The Morgan fingerprint density at radius 2 is 1.15 bits per heavy atom. The number of allylic oxidation sites excluding steroid dienone is 2. The first kappa shape index (κ1) is 31.4. The van der Waals surface area contributed by atoms with Gasteiger partial charge in [-0.2, -0.15) is 0 Å². The van der Waals surface area contributed by atoms with Gasteiger partial charge in [0.1, 0.15) is 11.2 Å². The standard InChI is InChI=1S/C52H36N2O/c1-3-11-35(12-4-1)37-19-25-40(26-20-37)53(41-27-21-38(22-28-41)36-13-5-2-6-14-36)42-29-23-39-24-31-47-44-15-7-9-17-49(44)54(52(47)48(39)33-42)43-30-32-46-45-16-8-10-18-50(45)55-51(46)34-43/h1-27,29-34,41H,28H2. The lowest BCUT2D eigenvalue weighted by Crippen LogP contribution is -2.30. The fraction of sp³-hybridized carbons (Fsp3) is 0.0385. The van der Waals surface area contributed by atoms with Gasteiger partial charge in [0.15, 0.2) is 0 Å². The topological polar surface area (TPSA) is 21.3 Å². The van der Waals surface area contributed by atoms with Gasteiger partial charge in [-0.1, -0.05) is 146 Å². The van der Waals surface area contributed by atoms with Crippen LogP contribution in [0.2, 0.25) is 0 Å². The predicted octanol–water partition coefficient (Wildman–Crippen LogP) is 14.1. The van der Waals surface area contributed by atoms with Crippen LogP contribution in [0.5, 0.6) is 0 Å². The molecule has 0 bridgehead atoms. The van der Waals surface area contributed by atoms with Gasteiger partial charge in [0.2, 0.25) is 0 Å². The first-order valence-corrected chi connectivity index (χ1v) is 19.0. The zero-order valence-corrected chi connectivity index (χ0v) is 30.1. The van der Waals surface area contributed by atoms with Crippen LogP contribution in [0.1, 0.15) is 12.0 Å². The second kappa shape index (κ2) is 12.8. The monoisotopic (exact) mass is 704 g/mol. The number of rotatable bonds is 6. The van der Waals surface area contributed by atoms with E-state index in [1.807, 2.05) is 12.1 Å². The Labute approximate surface area is 319 Å². The van der Waals surface area contributed by atoms with Crippen molar-refractivity contribution < 1.29 is 4.42 Å². The SMILES string of the molecule is C1=CC(N(c2ccc(-c3ccccc3)cc2)c2ccc3ccc4c5ccccc5n(-c5ccc6c(c5)oc5ccccc56)c4c3c2)CC=C1c1ccccc1. The Balaban J connectivity index is 1.10. The van der Waals surface area contributed by atoms with Gasteiger partial charge < -0.3 is 13.9 Å². The molecule has 2 aromatic heterocycles. The van der Waals surface area contributed by atoms with Gasteiger partial charge in [0.05, 0.1) is 17.1 Å². The third-order valence-corrected chi connectivity index (χ3v) is 11.3. The maximum Gasteiger partial charge on any atom is 0.137 e. The molecule has 3 nitrogen and oxygen atoms in total. The number of para-hydroxylation sites is 2. The summed E-state index contributed by atoms with van der Waals surface area (Å²) in [5.41, 5.74) is 12.5. The molecule has 1 aliphatic rings. The maximum atomic E-state index is 6.41. The van der Waals surface area contributed by atoms with Gasteiger partial charge in [-0.05, 0) is 82.6 Å². The van der Waals surface area contributed by atoms with E-state index in [0.717, 1.165) is 45.4 Å². The molecule has 0 saturated carbocycles. The Morgan fingerprint density at radius 1 is 0.491 bits per heavy atom. The van der Waals surface area contributed by atoms with Crippen molar-refractivity contribution in [2.45, 2.75) is 12.5 Å². The van der Waals surface area contributed by atoms with Crippen LogP contribution in [-0.4, -0.2) is 10.6 Å². The van der Waals surface area contributed by atoms with E-state index in [4.69, 9.17) is 4.42 Å². The summed E-state index contributed by atoms with van der Waals surface area (Å²) in [7, 11) is 0. The quantitative estimate of drug-likeness (QED) is 0.172. The van der Waals surface area contributed by atoms with E-state index in [9.17, 15) is 0 Å². The first-order chi connectivity index (χ1) is 27.3. The summed E-state index contributed by atoms with van der Waals surface area (Å²) in [6.45, 7) is 0. The average Bonchev–Trinajstić information content (AvgIpc) is 3.80. The lowest BCUT2D eigenvalue weighted by Gasteiger charge is -2.33. The van der Waals surface area contributed by atoms with Crippen LogP contribution in [0.15, 0.2) is 205 Å². The van der Waals surface area contributed by atoms with Crippen molar-refractivity contribution in [3.63, 3.8) is 0 Å². The predicted molar refractivity (Wildman–Crippen MR) is 232 cm³/mol. The minimum Gasteiger partial charge on any atom is -0.456 e. The Hall–Kier alpha value is -7.10. The highest BCUT2D eigenvalue weighted by molar-refractivity contribution is 6.19. The Morgan fingerprint density at radius 3 is 1.95 bits per heavy atom. The largest absolute Gasteiger partial charge is 0.456 e. The molecule has 0 amide bonds.